The van der Waals surface area contributed by atoms with Gasteiger partial charge in [0.05, 0.1) is 5.60 Å². The predicted octanol–water partition coefficient (Wildman–Crippen LogP) is 7.16. The van der Waals surface area contributed by atoms with E-state index < -0.39 is 5.60 Å². The van der Waals surface area contributed by atoms with Gasteiger partial charge in [-0.15, -0.1) is 0 Å². The molecule has 3 nitrogen and oxygen atoms in total. The fourth-order valence-electron chi connectivity index (χ4n) is 4.06. The second kappa shape index (κ2) is 12.9. The highest BCUT2D eigenvalue weighted by Crippen LogP contribution is 2.23. The summed E-state index contributed by atoms with van der Waals surface area (Å²) in [6, 6.07) is 9.52. The number of aromatic amines is 1. The molecule has 0 aliphatic heterocycles. The van der Waals surface area contributed by atoms with E-state index in [1.807, 2.05) is 31.2 Å². The summed E-state index contributed by atoms with van der Waals surface area (Å²) < 4.78 is 0. The van der Waals surface area contributed by atoms with Crippen LogP contribution in [0.1, 0.15) is 104 Å². The van der Waals surface area contributed by atoms with Crippen molar-refractivity contribution in [1.82, 2.24) is 4.98 Å². The molecule has 0 saturated carbocycles. The zero-order valence-electron chi connectivity index (χ0n) is 19.5. The predicted molar refractivity (Wildman–Crippen MR) is 129 cm³/mol. The maximum atomic E-state index is 12.2. The van der Waals surface area contributed by atoms with Gasteiger partial charge >= 0.3 is 0 Å². The maximum Gasteiger partial charge on any atom is 0.189 e. The molecular weight excluding hydrogens is 370 g/mol. The molecule has 0 aliphatic carbocycles. The summed E-state index contributed by atoms with van der Waals surface area (Å²) in [7, 11) is 0. The Labute approximate surface area is 183 Å². The normalized spacial score (nSPS) is 13.8. The van der Waals surface area contributed by atoms with Gasteiger partial charge in [-0.25, -0.2) is 0 Å². The number of fused-ring (bicyclic) bond motifs is 1. The molecule has 0 radical (unpaired) electrons. The van der Waals surface area contributed by atoms with Gasteiger partial charge in [-0.3, -0.25) is 4.79 Å². The van der Waals surface area contributed by atoms with E-state index in [9.17, 15) is 9.90 Å². The Bertz CT molecular complexity index is 791. The fourth-order valence-corrected chi connectivity index (χ4v) is 4.06. The minimum absolute atomic E-state index is 0.129. The minimum atomic E-state index is -0.496. The van der Waals surface area contributed by atoms with Crippen molar-refractivity contribution in [1.29, 1.82) is 0 Å². The Kier molecular flexibility index (Phi) is 10.6. The molecule has 2 aromatic rings. The van der Waals surface area contributed by atoms with Crippen LogP contribution in [0.15, 0.2) is 35.1 Å². The Hall–Kier alpha value is -1.61. The standard InChI is InChI=1S/C27H43NO2/c1-22(2)27(3,30)20-16-12-10-8-6-4-5-7-9-11-13-17-23-21-26(29)24-18-14-15-19-25(24)28-23/h14-15,18-19,21-22,30H,4-13,16-17,20H2,1-3H3,(H,28,29)/t27-/m1/s1. The van der Waals surface area contributed by atoms with Crippen LogP contribution in [0.5, 0.6) is 0 Å². The summed E-state index contributed by atoms with van der Waals surface area (Å²) in [6.07, 6.45) is 16.0. The molecule has 0 amide bonds. The van der Waals surface area contributed by atoms with Crippen LogP contribution in [0.3, 0.4) is 0 Å². The number of aryl methyl sites for hydroxylation is 1. The maximum absolute atomic E-state index is 12.2. The molecule has 1 heterocycles. The lowest BCUT2D eigenvalue weighted by Crippen LogP contribution is -2.30. The van der Waals surface area contributed by atoms with Crippen LogP contribution in [0.4, 0.5) is 0 Å². The summed E-state index contributed by atoms with van der Waals surface area (Å²) in [5.74, 6) is 0.340. The van der Waals surface area contributed by atoms with Gasteiger partial charge in [0.15, 0.2) is 5.43 Å². The number of benzene rings is 1. The topological polar surface area (TPSA) is 53.1 Å². The lowest BCUT2D eigenvalue weighted by molar-refractivity contribution is 0.00307. The van der Waals surface area contributed by atoms with Gasteiger partial charge in [0.1, 0.15) is 0 Å². The van der Waals surface area contributed by atoms with E-state index in [4.69, 9.17) is 0 Å². The third kappa shape index (κ3) is 8.63. The summed E-state index contributed by atoms with van der Waals surface area (Å²) >= 11 is 0. The van der Waals surface area contributed by atoms with Gasteiger partial charge in [-0.2, -0.15) is 0 Å². The molecule has 30 heavy (non-hydrogen) atoms. The molecule has 0 fully saturated rings. The molecule has 1 aromatic carbocycles. The van der Waals surface area contributed by atoms with E-state index >= 15 is 0 Å². The van der Waals surface area contributed by atoms with Gasteiger partial charge in [-0.05, 0) is 44.2 Å². The molecule has 0 unspecified atom stereocenters. The third-order valence-corrected chi connectivity index (χ3v) is 6.67. The Morgan fingerprint density at radius 2 is 1.40 bits per heavy atom. The molecule has 168 valence electrons. The number of rotatable bonds is 15. The molecule has 1 aromatic heterocycles. The number of hydrogen-bond acceptors (Lipinski definition) is 2. The first kappa shape index (κ1) is 24.7. The van der Waals surface area contributed by atoms with Crippen molar-refractivity contribution in [2.45, 2.75) is 110 Å². The lowest BCUT2D eigenvalue weighted by Gasteiger charge is -2.27. The Morgan fingerprint density at radius 3 is 2.00 bits per heavy atom. The van der Waals surface area contributed by atoms with Crippen molar-refractivity contribution in [3.8, 4) is 0 Å². The second-order valence-electron chi connectivity index (χ2n) is 9.61. The summed E-state index contributed by atoms with van der Waals surface area (Å²) in [5, 5.41) is 11.0. The zero-order valence-corrected chi connectivity index (χ0v) is 19.5. The number of para-hydroxylation sites is 1. The van der Waals surface area contributed by atoms with Crippen LogP contribution in [0, 0.1) is 5.92 Å². The SMILES string of the molecule is CC(C)[C@](C)(O)CCCCCCCCCCCCCc1cc(=O)c2ccccc2[nH]1. The van der Waals surface area contributed by atoms with Crippen LogP contribution in [-0.2, 0) is 6.42 Å². The van der Waals surface area contributed by atoms with Crippen LogP contribution in [-0.4, -0.2) is 15.7 Å². The number of hydrogen-bond donors (Lipinski definition) is 2. The third-order valence-electron chi connectivity index (χ3n) is 6.67. The molecule has 1 atom stereocenters. The molecule has 0 bridgehead atoms. The van der Waals surface area contributed by atoms with E-state index in [1.165, 1.54) is 57.8 Å². The highest BCUT2D eigenvalue weighted by Gasteiger charge is 2.23. The Morgan fingerprint density at radius 1 is 0.867 bits per heavy atom. The number of aromatic nitrogens is 1. The van der Waals surface area contributed by atoms with Crippen LogP contribution in [0.25, 0.3) is 10.9 Å². The van der Waals surface area contributed by atoms with Crippen LogP contribution in [0.2, 0.25) is 0 Å². The van der Waals surface area contributed by atoms with Crippen molar-refractivity contribution in [3.63, 3.8) is 0 Å². The number of aliphatic hydroxyl groups is 1. The molecule has 3 heteroatoms. The van der Waals surface area contributed by atoms with Crippen LogP contribution < -0.4 is 5.43 Å². The second-order valence-corrected chi connectivity index (χ2v) is 9.61. The van der Waals surface area contributed by atoms with E-state index in [-0.39, 0.29) is 5.43 Å². The molecule has 2 N–H and O–H groups in total. The van der Waals surface area contributed by atoms with E-state index in [1.54, 1.807) is 6.07 Å². The zero-order chi connectivity index (χ0) is 21.8. The first-order valence-electron chi connectivity index (χ1n) is 12.2. The monoisotopic (exact) mass is 413 g/mol. The number of pyridine rings is 1. The molecule has 0 aliphatic rings. The average Bonchev–Trinajstić information content (AvgIpc) is 2.71. The van der Waals surface area contributed by atoms with Gasteiger partial charge in [0.25, 0.3) is 0 Å². The van der Waals surface area contributed by atoms with Crippen molar-refractivity contribution >= 4 is 10.9 Å². The fraction of sp³-hybridized carbons (Fsp3) is 0.667. The van der Waals surface area contributed by atoms with Crippen molar-refractivity contribution < 1.29 is 5.11 Å². The van der Waals surface area contributed by atoms with Crippen LogP contribution >= 0.6 is 0 Å². The average molecular weight is 414 g/mol. The molecule has 0 saturated heterocycles. The molecule has 2 rings (SSSR count). The first-order chi connectivity index (χ1) is 14.4. The summed E-state index contributed by atoms with van der Waals surface area (Å²) in [5.41, 5.74) is 1.65. The van der Waals surface area contributed by atoms with Gasteiger partial charge < -0.3 is 10.1 Å². The van der Waals surface area contributed by atoms with E-state index in [0.717, 1.165) is 42.3 Å². The molecular formula is C27H43NO2. The van der Waals surface area contributed by atoms with E-state index in [2.05, 4.69) is 18.8 Å². The summed E-state index contributed by atoms with van der Waals surface area (Å²) in [4.78, 5) is 15.6. The molecule has 0 spiro atoms. The number of unbranched alkanes of at least 4 members (excludes halogenated alkanes) is 10. The van der Waals surface area contributed by atoms with Crippen molar-refractivity contribution in [3.05, 3.63) is 46.2 Å². The highest BCUT2D eigenvalue weighted by molar-refractivity contribution is 5.78. The van der Waals surface area contributed by atoms with E-state index in [0.29, 0.717) is 5.92 Å². The van der Waals surface area contributed by atoms with Gasteiger partial charge in [0.2, 0.25) is 0 Å². The van der Waals surface area contributed by atoms with Crippen molar-refractivity contribution in [2.75, 3.05) is 0 Å². The van der Waals surface area contributed by atoms with Crippen molar-refractivity contribution in [2.24, 2.45) is 5.92 Å². The Balaban J connectivity index is 1.44. The van der Waals surface area contributed by atoms with Gasteiger partial charge in [-0.1, -0.05) is 90.2 Å². The first-order valence-corrected chi connectivity index (χ1v) is 12.2. The smallest absolute Gasteiger partial charge is 0.189 e. The summed E-state index contributed by atoms with van der Waals surface area (Å²) in [6.45, 7) is 6.17. The lowest BCUT2D eigenvalue weighted by atomic mass is 9.87. The largest absolute Gasteiger partial charge is 0.390 e. The highest BCUT2D eigenvalue weighted by atomic mass is 16.3. The quantitative estimate of drug-likeness (QED) is 0.304. The number of H-pyrrole nitrogens is 1. The minimum Gasteiger partial charge on any atom is -0.390 e. The number of nitrogens with one attached hydrogen (secondary N) is 1. The van der Waals surface area contributed by atoms with Gasteiger partial charge in [0, 0.05) is 22.7 Å².